The zero-order chi connectivity index (χ0) is 15.1. The van der Waals surface area contributed by atoms with Crippen LogP contribution in [0.3, 0.4) is 0 Å². The molecule has 0 heterocycles. The van der Waals surface area contributed by atoms with Crippen LogP contribution in [0.4, 0.5) is 0 Å². The third-order valence-corrected chi connectivity index (χ3v) is 3.77. The van der Waals surface area contributed by atoms with Crippen molar-refractivity contribution in [2.24, 2.45) is 0 Å². The van der Waals surface area contributed by atoms with Gasteiger partial charge >= 0.3 is 0 Å². The molecule has 1 unspecified atom stereocenters. The summed E-state index contributed by atoms with van der Waals surface area (Å²) in [4.78, 5) is 0. The van der Waals surface area contributed by atoms with E-state index in [2.05, 4.69) is 41.7 Å². The minimum Gasteiger partial charge on any atom is -0.394 e. The average molecular weight is 285 g/mol. The third kappa shape index (κ3) is 3.91. The molecular weight excluding hydrogens is 262 g/mol. The highest BCUT2D eigenvalue weighted by Crippen LogP contribution is 2.24. The Labute approximate surface area is 126 Å². The quantitative estimate of drug-likeness (QED) is 0.769. The van der Waals surface area contributed by atoms with Gasteiger partial charge in [-0.1, -0.05) is 54.6 Å². The van der Waals surface area contributed by atoms with Crippen molar-refractivity contribution in [2.75, 3.05) is 26.9 Å². The number of methoxy groups -OCH3 is 1. The number of benzene rings is 2. The van der Waals surface area contributed by atoms with Gasteiger partial charge < -0.3 is 15.2 Å². The van der Waals surface area contributed by atoms with Gasteiger partial charge in [0.05, 0.1) is 18.8 Å². The van der Waals surface area contributed by atoms with E-state index in [0.29, 0.717) is 13.2 Å². The normalized spacial score (nSPS) is 13.9. The molecule has 0 aliphatic carbocycles. The fraction of sp³-hybridized carbons (Fsp3) is 0.333. The first-order valence-electron chi connectivity index (χ1n) is 7.20. The molecule has 3 heteroatoms. The average Bonchev–Trinajstić information content (AvgIpc) is 2.56. The molecule has 0 radical (unpaired) electrons. The minimum atomic E-state index is -0.451. The summed E-state index contributed by atoms with van der Waals surface area (Å²) in [6, 6.07) is 18.6. The monoisotopic (exact) mass is 285 g/mol. The van der Waals surface area contributed by atoms with Gasteiger partial charge in [-0.15, -0.1) is 0 Å². The number of aliphatic hydroxyl groups is 1. The predicted octanol–water partition coefficient (Wildman–Crippen LogP) is 2.80. The molecule has 0 fully saturated rings. The minimum absolute atomic E-state index is 0.0431. The molecule has 2 aromatic carbocycles. The lowest BCUT2D eigenvalue weighted by Gasteiger charge is -2.29. The zero-order valence-electron chi connectivity index (χ0n) is 12.7. The molecule has 2 aromatic rings. The van der Waals surface area contributed by atoms with Crippen LogP contribution in [0, 0.1) is 0 Å². The number of nitrogens with one attached hydrogen (secondary N) is 1. The summed E-state index contributed by atoms with van der Waals surface area (Å²) in [7, 11) is 1.67. The first-order chi connectivity index (χ1) is 10.2. The summed E-state index contributed by atoms with van der Waals surface area (Å²) in [5.41, 5.74) is 2.99. The molecule has 2 N–H and O–H groups in total. The van der Waals surface area contributed by atoms with E-state index in [1.54, 1.807) is 7.11 Å². The first kappa shape index (κ1) is 15.7. The molecule has 0 aromatic heterocycles. The van der Waals surface area contributed by atoms with Crippen LogP contribution >= 0.6 is 0 Å². The standard InChI is InChI=1S/C18H23NO2/c1-18(14-20,19-12-13-21-2)17-10-8-16(9-11-17)15-6-4-3-5-7-15/h3-11,19-20H,12-14H2,1-2H3. The van der Waals surface area contributed by atoms with E-state index in [1.807, 2.05) is 25.1 Å². The maximum absolute atomic E-state index is 9.72. The number of hydrogen-bond acceptors (Lipinski definition) is 3. The topological polar surface area (TPSA) is 41.5 Å². The Kier molecular flexibility index (Phi) is 5.51. The molecular formula is C18H23NO2. The molecule has 3 nitrogen and oxygen atoms in total. The van der Waals surface area contributed by atoms with Crippen molar-refractivity contribution in [1.82, 2.24) is 5.32 Å². The van der Waals surface area contributed by atoms with Crippen LogP contribution in [0.25, 0.3) is 11.1 Å². The van der Waals surface area contributed by atoms with Crippen LogP contribution < -0.4 is 5.32 Å². The van der Waals surface area contributed by atoms with Crippen molar-refractivity contribution in [2.45, 2.75) is 12.5 Å². The fourth-order valence-electron chi connectivity index (χ4n) is 2.34. The van der Waals surface area contributed by atoms with Gasteiger partial charge in [0, 0.05) is 13.7 Å². The molecule has 1 atom stereocenters. The maximum Gasteiger partial charge on any atom is 0.0652 e. The van der Waals surface area contributed by atoms with Crippen LogP contribution in [0.1, 0.15) is 12.5 Å². The highest BCUT2D eigenvalue weighted by Gasteiger charge is 2.24. The SMILES string of the molecule is COCCNC(C)(CO)c1ccc(-c2ccccc2)cc1. The molecule has 0 aliphatic heterocycles. The van der Waals surface area contributed by atoms with Crippen molar-refractivity contribution in [3.8, 4) is 11.1 Å². The van der Waals surface area contributed by atoms with E-state index < -0.39 is 5.54 Å². The lowest BCUT2D eigenvalue weighted by molar-refractivity contribution is 0.148. The Morgan fingerprint density at radius 1 is 1.00 bits per heavy atom. The summed E-state index contributed by atoms with van der Waals surface area (Å²) in [6.07, 6.45) is 0. The number of ether oxygens (including phenoxy) is 1. The maximum atomic E-state index is 9.72. The molecule has 0 aliphatic rings. The second kappa shape index (κ2) is 7.36. The lowest BCUT2D eigenvalue weighted by atomic mass is 9.91. The third-order valence-electron chi connectivity index (χ3n) is 3.77. The van der Waals surface area contributed by atoms with Crippen molar-refractivity contribution in [3.63, 3.8) is 0 Å². The molecule has 112 valence electrons. The first-order valence-corrected chi connectivity index (χ1v) is 7.20. The van der Waals surface area contributed by atoms with Gasteiger partial charge in [-0.05, 0) is 23.6 Å². The second-order valence-electron chi connectivity index (χ2n) is 5.35. The lowest BCUT2D eigenvalue weighted by Crippen LogP contribution is -2.44. The van der Waals surface area contributed by atoms with E-state index >= 15 is 0 Å². The van der Waals surface area contributed by atoms with Crippen LogP contribution in [0.15, 0.2) is 54.6 Å². The largest absolute Gasteiger partial charge is 0.394 e. The summed E-state index contributed by atoms with van der Waals surface area (Å²) in [5, 5.41) is 13.1. The van der Waals surface area contributed by atoms with Crippen LogP contribution in [0.2, 0.25) is 0 Å². The number of hydrogen-bond donors (Lipinski definition) is 2. The van der Waals surface area contributed by atoms with E-state index in [-0.39, 0.29) is 6.61 Å². The Balaban J connectivity index is 2.16. The van der Waals surface area contributed by atoms with Gasteiger partial charge in [0.1, 0.15) is 0 Å². The number of aliphatic hydroxyl groups excluding tert-OH is 1. The molecule has 0 amide bonds. The van der Waals surface area contributed by atoms with Crippen LogP contribution in [0.5, 0.6) is 0 Å². The van der Waals surface area contributed by atoms with Crippen LogP contribution in [-0.4, -0.2) is 32.0 Å². The van der Waals surface area contributed by atoms with Gasteiger partial charge in [-0.2, -0.15) is 0 Å². The van der Waals surface area contributed by atoms with E-state index in [0.717, 1.165) is 5.56 Å². The summed E-state index contributed by atoms with van der Waals surface area (Å²) in [5.74, 6) is 0. The molecule has 0 spiro atoms. The highest BCUT2D eigenvalue weighted by atomic mass is 16.5. The molecule has 21 heavy (non-hydrogen) atoms. The fourth-order valence-corrected chi connectivity index (χ4v) is 2.34. The van der Waals surface area contributed by atoms with Crippen molar-refractivity contribution in [1.29, 1.82) is 0 Å². The van der Waals surface area contributed by atoms with Gasteiger partial charge in [-0.25, -0.2) is 0 Å². The molecule has 2 rings (SSSR count). The van der Waals surface area contributed by atoms with E-state index in [9.17, 15) is 5.11 Å². The predicted molar refractivity (Wildman–Crippen MR) is 86.2 cm³/mol. The smallest absolute Gasteiger partial charge is 0.0652 e. The van der Waals surface area contributed by atoms with Gasteiger partial charge in [0.25, 0.3) is 0 Å². The van der Waals surface area contributed by atoms with Gasteiger partial charge in [0.15, 0.2) is 0 Å². The zero-order valence-corrected chi connectivity index (χ0v) is 12.7. The van der Waals surface area contributed by atoms with Gasteiger partial charge in [0.2, 0.25) is 0 Å². The van der Waals surface area contributed by atoms with Crippen molar-refractivity contribution in [3.05, 3.63) is 60.2 Å². The summed E-state index contributed by atoms with van der Waals surface area (Å²) >= 11 is 0. The number of rotatable bonds is 7. The highest BCUT2D eigenvalue weighted by molar-refractivity contribution is 5.63. The summed E-state index contributed by atoms with van der Waals surface area (Å²) < 4.78 is 5.05. The molecule has 0 saturated heterocycles. The Morgan fingerprint density at radius 2 is 1.62 bits per heavy atom. The van der Waals surface area contributed by atoms with Crippen LogP contribution in [-0.2, 0) is 10.3 Å². The van der Waals surface area contributed by atoms with E-state index in [4.69, 9.17) is 4.74 Å². The van der Waals surface area contributed by atoms with Crippen molar-refractivity contribution < 1.29 is 9.84 Å². The Hall–Kier alpha value is -1.68. The Morgan fingerprint density at radius 3 is 2.19 bits per heavy atom. The second-order valence-corrected chi connectivity index (χ2v) is 5.35. The Bertz CT molecular complexity index is 539. The van der Waals surface area contributed by atoms with Gasteiger partial charge in [-0.3, -0.25) is 0 Å². The molecule has 0 saturated carbocycles. The van der Waals surface area contributed by atoms with E-state index in [1.165, 1.54) is 11.1 Å². The molecule has 0 bridgehead atoms. The summed E-state index contributed by atoms with van der Waals surface area (Å²) in [6.45, 7) is 3.37. The van der Waals surface area contributed by atoms with Crippen molar-refractivity contribution >= 4 is 0 Å².